The number of benzene rings is 1. The summed E-state index contributed by atoms with van der Waals surface area (Å²) in [6.07, 6.45) is 2.52. The second-order valence-electron chi connectivity index (χ2n) is 5.09. The lowest BCUT2D eigenvalue weighted by Gasteiger charge is -2.16. The number of aromatic nitrogens is 1. The molecule has 0 saturated carbocycles. The third-order valence-corrected chi connectivity index (χ3v) is 4.91. The van der Waals surface area contributed by atoms with Crippen molar-refractivity contribution in [3.05, 3.63) is 45.4 Å². The number of fused-ring (bicyclic) bond motifs is 1. The lowest BCUT2D eigenvalue weighted by atomic mass is 9.91. The van der Waals surface area contributed by atoms with Crippen molar-refractivity contribution in [2.45, 2.75) is 31.7 Å². The highest BCUT2D eigenvalue weighted by Crippen LogP contribution is 2.36. The van der Waals surface area contributed by atoms with Crippen molar-refractivity contribution in [3.8, 4) is 0 Å². The van der Waals surface area contributed by atoms with Gasteiger partial charge in [0.05, 0.1) is 5.69 Å². The molecule has 1 heterocycles. The standard InChI is InChI=1S/C15H15ClN2O2S/c16-10-4-1-3-9(7-10)8-17-15-18-13-11(14(19)20)5-2-6-12(13)21-15/h1,3-4,7,11H,2,5-6,8H2,(H,17,18)(H,19,20). The van der Waals surface area contributed by atoms with Gasteiger partial charge >= 0.3 is 5.97 Å². The molecule has 4 nitrogen and oxygen atoms in total. The van der Waals surface area contributed by atoms with E-state index >= 15 is 0 Å². The molecule has 3 rings (SSSR count). The van der Waals surface area contributed by atoms with Gasteiger partial charge in [0.1, 0.15) is 5.92 Å². The van der Waals surface area contributed by atoms with Crippen LogP contribution in [0.1, 0.15) is 34.9 Å². The maximum absolute atomic E-state index is 11.3. The maximum atomic E-state index is 11.3. The van der Waals surface area contributed by atoms with Gasteiger partial charge in [0.2, 0.25) is 0 Å². The third kappa shape index (κ3) is 3.19. The molecule has 0 amide bonds. The zero-order chi connectivity index (χ0) is 14.8. The molecule has 0 spiro atoms. The van der Waals surface area contributed by atoms with Crippen LogP contribution in [0, 0.1) is 0 Å². The van der Waals surface area contributed by atoms with Crippen LogP contribution >= 0.6 is 22.9 Å². The van der Waals surface area contributed by atoms with Gasteiger partial charge in [-0.1, -0.05) is 23.7 Å². The molecule has 1 aromatic carbocycles. The average Bonchev–Trinajstić information content (AvgIpc) is 2.87. The van der Waals surface area contributed by atoms with E-state index in [-0.39, 0.29) is 0 Å². The normalized spacial score (nSPS) is 17.3. The first-order chi connectivity index (χ1) is 10.1. The summed E-state index contributed by atoms with van der Waals surface area (Å²) in [5, 5.41) is 14.0. The Morgan fingerprint density at radius 2 is 2.38 bits per heavy atom. The second-order valence-corrected chi connectivity index (χ2v) is 6.61. The van der Waals surface area contributed by atoms with Gasteiger partial charge in [-0.3, -0.25) is 4.79 Å². The molecule has 2 N–H and O–H groups in total. The Morgan fingerprint density at radius 3 is 3.14 bits per heavy atom. The molecule has 0 bridgehead atoms. The number of anilines is 1. The van der Waals surface area contributed by atoms with Gasteiger partial charge in [-0.25, -0.2) is 4.98 Å². The number of aryl methyl sites for hydroxylation is 1. The van der Waals surface area contributed by atoms with Crippen LogP contribution in [-0.4, -0.2) is 16.1 Å². The summed E-state index contributed by atoms with van der Waals surface area (Å²) < 4.78 is 0. The first-order valence-electron chi connectivity index (χ1n) is 6.84. The van der Waals surface area contributed by atoms with Crippen LogP contribution in [0.15, 0.2) is 24.3 Å². The fourth-order valence-corrected chi connectivity index (χ4v) is 3.83. The fraction of sp³-hybridized carbons (Fsp3) is 0.333. The van der Waals surface area contributed by atoms with Gasteiger partial charge in [-0.05, 0) is 37.0 Å². The van der Waals surface area contributed by atoms with Crippen LogP contribution in [-0.2, 0) is 17.8 Å². The first-order valence-corrected chi connectivity index (χ1v) is 8.03. The number of hydrogen-bond donors (Lipinski definition) is 2. The van der Waals surface area contributed by atoms with Crippen molar-refractivity contribution in [3.63, 3.8) is 0 Å². The molecule has 1 aliphatic rings. The minimum Gasteiger partial charge on any atom is -0.481 e. The molecule has 0 saturated heterocycles. The minimum atomic E-state index is -0.775. The summed E-state index contributed by atoms with van der Waals surface area (Å²) in [5.74, 6) is -1.23. The summed E-state index contributed by atoms with van der Waals surface area (Å²) >= 11 is 7.52. The number of carboxylic acids is 1. The molecule has 1 unspecified atom stereocenters. The van der Waals surface area contributed by atoms with E-state index in [4.69, 9.17) is 11.6 Å². The number of carboxylic acid groups (broad SMARTS) is 1. The van der Waals surface area contributed by atoms with Crippen molar-refractivity contribution in [2.24, 2.45) is 0 Å². The van der Waals surface area contributed by atoms with Crippen molar-refractivity contribution < 1.29 is 9.90 Å². The predicted octanol–water partition coefficient (Wildman–Crippen LogP) is 3.91. The van der Waals surface area contributed by atoms with Gasteiger partial charge in [-0.2, -0.15) is 0 Å². The molecular formula is C15H15ClN2O2S. The number of nitrogens with one attached hydrogen (secondary N) is 1. The van der Waals surface area contributed by atoms with Crippen LogP contribution < -0.4 is 5.32 Å². The smallest absolute Gasteiger partial charge is 0.312 e. The minimum absolute atomic E-state index is 0.452. The lowest BCUT2D eigenvalue weighted by Crippen LogP contribution is -2.17. The Morgan fingerprint density at radius 1 is 1.52 bits per heavy atom. The quantitative estimate of drug-likeness (QED) is 0.895. The largest absolute Gasteiger partial charge is 0.481 e. The molecular weight excluding hydrogens is 308 g/mol. The average molecular weight is 323 g/mol. The second kappa shape index (κ2) is 6.03. The Kier molecular flexibility index (Phi) is 4.12. The molecule has 0 radical (unpaired) electrons. The van der Waals surface area contributed by atoms with E-state index in [1.807, 2.05) is 24.3 Å². The number of thiazole rings is 1. The molecule has 1 aromatic heterocycles. The zero-order valence-electron chi connectivity index (χ0n) is 11.3. The molecule has 2 aromatic rings. The Bertz CT molecular complexity index is 671. The van der Waals surface area contributed by atoms with E-state index in [0.29, 0.717) is 18.0 Å². The molecule has 6 heteroatoms. The number of aliphatic carboxylic acids is 1. The molecule has 21 heavy (non-hydrogen) atoms. The van der Waals surface area contributed by atoms with Gasteiger partial charge in [0.15, 0.2) is 5.13 Å². The Hall–Kier alpha value is -1.59. The number of nitrogens with zero attached hydrogens (tertiary/aromatic N) is 1. The van der Waals surface area contributed by atoms with Crippen LogP contribution in [0.3, 0.4) is 0 Å². The summed E-state index contributed by atoms with van der Waals surface area (Å²) in [6.45, 7) is 0.630. The maximum Gasteiger partial charge on any atom is 0.312 e. The molecule has 0 aliphatic heterocycles. The first kappa shape index (κ1) is 14.4. The van der Waals surface area contributed by atoms with Crippen molar-refractivity contribution in [1.82, 2.24) is 4.98 Å². The summed E-state index contributed by atoms with van der Waals surface area (Å²) in [7, 11) is 0. The highest BCUT2D eigenvalue weighted by molar-refractivity contribution is 7.15. The number of rotatable bonds is 4. The number of halogens is 1. The van der Waals surface area contributed by atoms with E-state index in [1.165, 1.54) is 0 Å². The van der Waals surface area contributed by atoms with E-state index in [1.54, 1.807) is 11.3 Å². The molecule has 0 fully saturated rings. The van der Waals surface area contributed by atoms with E-state index in [2.05, 4.69) is 10.3 Å². The molecule has 1 atom stereocenters. The van der Waals surface area contributed by atoms with Gasteiger partial charge in [0.25, 0.3) is 0 Å². The van der Waals surface area contributed by atoms with E-state index < -0.39 is 11.9 Å². The highest BCUT2D eigenvalue weighted by atomic mass is 35.5. The van der Waals surface area contributed by atoms with Crippen LogP contribution in [0.4, 0.5) is 5.13 Å². The number of carbonyl (C=O) groups is 1. The monoisotopic (exact) mass is 322 g/mol. The fourth-order valence-electron chi connectivity index (χ4n) is 2.56. The predicted molar refractivity (Wildman–Crippen MR) is 84.2 cm³/mol. The van der Waals surface area contributed by atoms with Crippen LogP contribution in [0.2, 0.25) is 5.02 Å². The molecule has 110 valence electrons. The Balaban J connectivity index is 1.74. The third-order valence-electron chi connectivity index (χ3n) is 3.59. The summed E-state index contributed by atoms with van der Waals surface area (Å²) in [5.41, 5.74) is 1.82. The SMILES string of the molecule is O=C(O)C1CCCc2sc(NCc3cccc(Cl)c3)nc21. The molecule has 1 aliphatic carbocycles. The van der Waals surface area contributed by atoms with Crippen LogP contribution in [0.5, 0.6) is 0 Å². The summed E-state index contributed by atoms with van der Waals surface area (Å²) in [4.78, 5) is 16.9. The van der Waals surface area contributed by atoms with Crippen LogP contribution in [0.25, 0.3) is 0 Å². The van der Waals surface area contributed by atoms with Gasteiger partial charge < -0.3 is 10.4 Å². The highest BCUT2D eigenvalue weighted by Gasteiger charge is 2.29. The number of hydrogen-bond acceptors (Lipinski definition) is 4. The zero-order valence-corrected chi connectivity index (χ0v) is 12.9. The topological polar surface area (TPSA) is 62.2 Å². The van der Waals surface area contributed by atoms with Crippen molar-refractivity contribution in [1.29, 1.82) is 0 Å². The Labute approximate surface area is 131 Å². The van der Waals surface area contributed by atoms with Crippen molar-refractivity contribution in [2.75, 3.05) is 5.32 Å². The van der Waals surface area contributed by atoms with E-state index in [0.717, 1.165) is 34.1 Å². The van der Waals surface area contributed by atoms with Crippen molar-refractivity contribution >= 4 is 34.0 Å². The lowest BCUT2D eigenvalue weighted by molar-refractivity contribution is -0.139. The van der Waals surface area contributed by atoms with E-state index in [9.17, 15) is 9.90 Å². The summed E-state index contributed by atoms with van der Waals surface area (Å²) in [6, 6.07) is 7.64. The van der Waals surface area contributed by atoms with Gasteiger partial charge in [0, 0.05) is 16.4 Å². The van der Waals surface area contributed by atoms with Gasteiger partial charge in [-0.15, -0.1) is 11.3 Å².